The highest BCUT2D eigenvalue weighted by Crippen LogP contribution is 2.28. The number of halogens is 1. The summed E-state index contributed by atoms with van der Waals surface area (Å²) in [6.45, 7) is 1.97. The molecule has 0 bridgehead atoms. The number of aromatic nitrogens is 5. The summed E-state index contributed by atoms with van der Waals surface area (Å²) in [5.41, 5.74) is 5.93. The van der Waals surface area contributed by atoms with Gasteiger partial charge in [0.2, 0.25) is 0 Å². The fraction of sp³-hybridized carbons (Fsp3) is 0.0588. The van der Waals surface area contributed by atoms with Crippen molar-refractivity contribution in [2.75, 3.05) is 0 Å². The van der Waals surface area contributed by atoms with Crippen LogP contribution in [0.3, 0.4) is 0 Å². The number of nitrogens with zero attached hydrogens (tertiary/aromatic N) is 4. The third-order valence-electron chi connectivity index (χ3n) is 3.53. The van der Waals surface area contributed by atoms with E-state index in [0.29, 0.717) is 0 Å². The van der Waals surface area contributed by atoms with Crippen LogP contribution in [0.15, 0.2) is 53.4 Å². The van der Waals surface area contributed by atoms with Gasteiger partial charge in [-0.3, -0.25) is 9.97 Å². The molecule has 4 aromatic heterocycles. The van der Waals surface area contributed by atoms with Gasteiger partial charge in [0.1, 0.15) is 5.69 Å². The molecule has 0 spiro atoms. The van der Waals surface area contributed by atoms with Crippen LogP contribution in [0, 0.1) is 6.92 Å². The van der Waals surface area contributed by atoms with E-state index in [4.69, 9.17) is 4.98 Å². The molecule has 6 heteroatoms. The van der Waals surface area contributed by atoms with Crippen molar-refractivity contribution in [2.45, 2.75) is 6.92 Å². The highest BCUT2D eigenvalue weighted by Gasteiger charge is 2.13. The zero-order valence-electron chi connectivity index (χ0n) is 12.3. The minimum Gasteiger partial charge on any atom is -0.343 e. The molecule has 0 radical (unpaired) electrons. The lowest BCUT2D eigenvalue weighted by atomic mass is 10.1. The molecular weight excluding hydrogens is 354 g/mol. The molecule has 0 atom stereocenters. The molecule has 0 aromatic carbocycles. The van der Waals surface area contributed by atoms with Crippen molar-refractivity contribution in [3.63, 3.8) is 0 Å². The molecule has 4 aromatic rings. The molecule has 0 aliphatic heterocycles. The zero-order valence-corrected chi connectivity index (χ0v) is 13.9. The second-order valence-corrected chi connectivity index (χ2v) is 6.09. The Hall–Kier alpha value is -2.60. The molecule has 4 rings (SSSR count). The van der Waals surface area contributed by atoms with E-state index in [1.807, 2.05) is 43.3 Å². The highest BCUT2D eigenvalue weighted by atomic mass is 79.9. The first-order valence-electron chi connectivity index (χ1n) is 7.11. The fourth-order valence-corrected chi connectivity index (χ4v) is 2.80. The molecule has 5 nitrogen and oxygen atoms in total. The molecular formula is C17H12BrN5. The maximum absolute atomic E-state index is 4.70. The van der Waals surface area contributed by atoms with Crippen LogP contribution in [0.5, 0.6) is 0 Å². The third kappa shape index (κ3) is 2.61. The number of aryl methyl sites for hydroxylation is 1. The second kappa shape index (κ2) is 5.55. The summed E-state index contributed by atoms with van der Waals surface area (Å²) in [6, 6.07) is 11.7. The van der Waals surface area contributed by atoms with Gasteiger partial charge in [0.25, 0.3) is 0 Å². The third-order valence-corrected chi connectivity index (χ3v) is 3.96. The maximum atomic E-state index is 4.70. The summed E-state index contributed by atoms with van der Waals surface area (Å²) in [5, 5.41) is 0. The first kappa shape index (κ1) is 14.0. The molecule has 0 saturated heterocycles. The summed E-state index contributed by atoms with van der Waals surface area (Å²) in [7, 11) is 0. The smallest absolute Gasteiger partial charge is 0.116 e. The monoisotopic (exact) mass is 365 g/mol. The van der Waals surface area contributed by atoms with Gasteiger partial charge in [-0.15, -0.1) is 0 Å². The first-order chi connectivity index (χ1) is 11.2. The number of rotatable bonds is 2. The Labute approximate surface area is 141 Å². The van der Waals surface area contributed by atoms with E-state index in [-0.39, 0.29) is 0 Å². The predicted molar refractivity (Wildman–Crippen MR) is 92.8 cm³/mol. The summed E-state index contributed by atoms with van der Waals surface area (Å²) in [4.78, 5) is 21.2. The van der Waals surface area contributed by atoms with Crippen LogP contribution < -0.4 is 0 Å². The Morgan fingerprint density at radius 3 is 2.74 bits per heavy atom. The van der Waals surface area contributed by atoms with Crippen molar-refractivity contribution in [3.05, 3.63) is 59.1 Å². The van der Waals surface area contributed by atoms with Crippen LogP contribution in [0.4, 0.5) is 0 Å². The van der Waals surface area contributed by atoms with E-state index >= 15 is 0 Å². The number of fused-ring (bicyclic) bond motifs is 1. The van der Waals surface area contributed by atoms with Crippen molar-refractivity contribution >= 4 is 27.0 Å². The number of pyridine rings is 3. The van der Waals surface area contributed by atoms with E-state index in [0.717, 1.165) is 44.0 Å². The van der Waals surface area contributed by atoms with Crippen LogP contribution in [-0.2, 0) is 0 Å². The SMILES string of the molecule is Cc1cccc(-c2nc[nH]c2-c2ccc3ncc(Br)cc3n2)n1. The molecule has 0 aliphatic carbocycles. The highest BCUT2D eigenvalue weighted by molar-refractivity contribution is 9.10. The van der Waals surface area contributed by atoms with Crippen LogP contribution in [-0.4, -0.2) is 24.9 Å². The van der Waals surface area contributed by atoms with Crippen molar-refractivity contribution < 1.29 is 0 Å². The van der Waals surface area contributed by atoms with Gasteiger partial charge >= 0.3 is 0 Å². The van der Waals surface area contributed by atoms with E-state index < -0.39 is 0 Å². The van der Waals surface area contributed by atoms with Gasteiger partial charge in [0, 0.05) is 16.4 Å². The van der Waals surface area contributed by atoms with Crippen LogP contribution in [0.2, 0.25) is 0 Å². The Balaban J connectivity index is 1.87. The summed E-state index contributed by atoms with van der Waals surface area (Å²) < 4.78 is 0.903. The second-order valence-electron chi connectivity index (χ2n) is 5.18. The molecule has 23 heavy (non-hydrogen) atoms. The zero-order chi connectivity index (χ0) is 15.8. The number of hydrogen-bond donors (Lipinski definition) is 1. The van der Waals surface area contributed by atoms with Gasteiger partial charge in [0.15, 0.2) is 0 Å². The Kier molecular flexibility index (Phi) is 3.38. The van der Waals surface area contributed by atoms with Crippen molar-refractivity contribution in [3.8, 4) is 22.8 Å². The average molecular weight is 366 g/mol. The molecule has 112 valence electrons. The average Bonchev–Trinajstić information content (AvgIpc) is 3.03. The Bertz CT molecular complexity index is 1010. The molecule has 1 N–H and O–H groups in total. The van der Waals surface area contributed by atoms with Gasteiger partial charge in [-0.1, -0.05) is 6.07 Å². The standard InChI is InChI=1S/C17H12BrN5/c1-10-3-2-4-13(22-10)16-17(21-9-20-16)14-6-5-12-15(23-14)7-11(18)8-19-12/h2-9H,1H3,(H,20,21). The van der Waals surface area contributed by atoms with Gasteiger partial charge in [-0.2, -0.15) is 0 Å². The van der Waals surface area contributed by atoms with Crippen molar-refractivity contribution in [1.29, 1.82) is 0 Å². The van der Waals surface area contributed by atoms with E-state index in [1.165, 1.54) is 0 Å². The normalized spacial score (nSPS) is 11.0. The molecule has 0 aliphatic rings. The molecule has 0 amide bonds. The van der Waals surface area contributed by atoms with Gasteiger partial charge in [-0.25, -0.2) is 9.97 Å². The molecule has 4 heterocycles. The van der Waals surface area contributed by atoms with E-state index in [1.54, 1.807) is 12.5 Å². The largest absolute Gasteiger partial charge is 0.343 e. The van der Waals surface area contributed by atoms with Gasteiger partial charge < -0.3 is 4.98 Å². The number of H-pyrrole nitrogens is 1. The first-order valence-corrected chi connectivity index (χ1v) is 7.90. The molecule has 0 unspecified atom stereocenters. The van der Waals surface area contributed by atoms with E-state index in [9.17, 15) is 0 Å². The minimum absolute atomic E-state index is 0.795. The minimum atomic E-state index is 0.795. The van der Waals surface area contributed by atoms with Crippen LogP contribution in [0.1, 0.15) is 5.69 Å². The summed E-state index contributed by atoms with van der Waals surface area (Å²) in [6.07, 6.45) is 3.43. The molecule has 0 fully saturated rings. The summed E-state index contributed by atoms with van der Waals surface area (Å²) in [5.74, 6) is 0. The Morgan fingerprint density at radius 2 is 1.87 bits per heavy atom. The lowest BCUT2D eigenvalue weighted by molar-refractivity contribution is 1.19. The molecule has 0 saturated carbocycles. The quantitative estimate of drug-likeness (QED) is 0.579. The lowest BCUT2D eigenvalue weighted by Crippen LogP contribution is -1.92. The number of nitrogens with one attached hydrogen (secondary N) is 1. The van der Waals surface area contributed by atoms with Crippen molar-refractivity contribution in [1.82, 2.24) is 24.9 Å². The fourth-order valence-electron chi connectivity index (χ4n) is 2.48. The number of aromatic amines is 1. The van der Waals surface area contributed by atoms with Crippen LogP contribution >= 0.6 is 15.9 Å². The van der Waals surface area contributed by atoms with Crippen molar-refractivity contribution in [2.24, 2.45) is 0 Å². The van der Waals surface area contributed by atoms with Crippen LogP contribution in [0.25, 0.3) is 33.8 Å². The number of imidazole rings is 1. The maximum Gasteiger partial charge on any atom is 0.116 e. The lowest BCUT2D eigenvalue weighted by Gasteiger charge is -2.04. The number of hydrogen-bond acceptors (Lipinski definition) is 4. The predicted octanol–water partition coefficient (Wildman–Crippen LogP) is 4.15. The van der Waals surface area contributed by atoms with Gasteiger partial charge in [0.05, 0.1) is 34.4 Å². The topological polar surface area (TPSA) is 67.3 Å². The summed E-state index contributed by atoms with van der Waals surface area (Å²) >= 11 is 3.43. The Morgan fingerprint density at radius 1 is 0.957 bits per heavy atom. The van der Waals surface area contributed by atoms with E-state index in [2.05, 4.69) is 35.9 Å². The van der Waals surface area contributed by atoms with Gasteiger partial charge in [-0.05, 0) is 53.2 Å².